The number of aromatic nitrogens is 3. The van der Waals surface area contributed by atoms with Gasteiger partial charge in [-0.05, 0) is 17.7 Å². The first-order chi connectivity index (χ1) is 11.0. The van der Waals surface area contributed by atoms with E-state index in [1.807, 2.05) is 18.2 Å². The van der Waals surface area contributed by atoms with Crippen molar-refractivity contribution in [2.45, 2.75) is 4.90 Å². The predicted octanol–water partition coefficient (Wildman–Crippen LogP) is 2.34. The molecule has 3 heterocycles. The number of fused-ring (bicyclic) bond motifs is 2. The zero-order valence-corrected chi connectivity index (χ0v) is 13.4. The van der Waals surface area contributed by atoms with Gasteiger partial charge in [0.2, 0.25) is 0 Å². The molecule has 23 heavy (non-hydrogen) atoms. The van der Waals surface area contributed by atoms with Gasteiger partial charge >= 0.3 is 10.3 Å². The highest BCUT2D eigenvalue weighted by Crippen LogP contribution is 2.42. The molecule has 0 saturated heterocycles. The van der Waals surface area contributed by atoms with Crippen molar-refractivity contribution in [3.05, 3.63) is 36.8 Å². The van der Waals surface area contributed by atoms with Gasteiger partial charge in [-0.25, -0.2) is 4.31 Å². The lowest BCUT2D eigenvalue weighted by molar-refractivity contribution is 0.478. The first-order valence-corrected chi connectivity index (χ1v) is 9.22. The van der Waals surface area contributed by atoms with Gasteiger partial charge in [-0.3, -0.25) is 14.6 Å². The highest BCUT2D eigenvalue weighted by Gasteiger charge is 2.28. The van der Waals surface area contributed by atoms with Gasteiger partial charge < -0.3 is 0 Å². The predicted molar refractivity (Wildman–Crippen MR) is 88.9 cm³/mol. The molecule has 0 amide bonds. The highest BCUT2D eigenvalue weighted by atomic mass is 32.2. The van der Waals surface area contributed by atoms with Crippen LogP contribution in [0.3, 0.4) is 0 Å². The molecule has 0 atom stereocenters. The molecule has 9 heteroatoms. The first-order valence-electron chi connectivity index (χ1n) is 6.83. The maximum atomic E-state index is 11.6. The number of hydrogen-bond acceptors (Lipinski definition) is 5. The number of benzene rings is 1. The Morgan fingerprint density at radius 2 is 2.13 bits per heavy atom. The molecule has 0 radical (unpaired) electrons. The molecule has 0 unspecified atom stereocenters. The lowest BCUT2D eigenvalue weighted by Gasteiger charge is -2.28. The van der Waals surface area contributed by atoms with Crippen molar-refractivity contribution in [1.29, 1.82) is 0 Å². The average Bonchev–Trinajstić information content (AvgIpc) is 3.00. The Labute approximate surface area is 136 Å². The summed E-state index contributed by atoms with van der Waals surface area (Å²) >= 11 is 1.56. The highest BCUT2D eigenvalue weighted by molar-refractivity contribution is 8.00. The fraction of sp³-hybridized carbons (Fsp3) is 0.143. The van der Waals surface area contributed by atoms with Crippen molar-refractivity contribution in [2.75, 3.05) is 16.6 Å². The summed E-state index contributed by atoms with van der Waals surface area (Å²) in [6, 6.07) is 5.83. The third kappa shape index (κ3) is 2.46. The number of nitrogens with one attached hydrogen (secondary N) is 1. The van der Waals surface area contributed by atoms with Crippen molar-refractivity contribution in [1.82, 2.24) is 15.2 Å². The zero-order valence-electron chi connectivity index (χ0n) is 11.8. The molecular formula is C14H12N4O3S2. The van der Waals surface area contributed by atoms with Crippen LogP contribution in [0.1, 0.15) is 0 Å². The molecule has 2 aromatic heterocycles. The largest absolute Gasteiger partial charge is 0.360 e. The van der Waals surface area contributed by atoms with Crippen LogP contribution in [0.2, 0.25) is 0 Å². The van der Waals surface area contributed by atoms with Gasteiger partial charge in [0.05, 0.1) is 23.6 Å². The minimum absolute atomic E-state index is 0.225. The average molecular weight is 348 g/mol. The van der Waals surface area contributed by atoms with E-state index in [0.29, 0.717) is 11.4 Å². The van der Waals surface area contributed by atoms with Crippen molar-refractivity contribution >= 4 is 38.7 Å². The molecule has 0 spiro atoms. The van der Waals surface area contributed by atoms with E-state index in [1.165, 1.54) is 6.20 Å². The van der Waals surface area contributed by atoms with Gasteiger partial charge in [-0.2, -0.15) is 13.5 Å². The van der Waals surface area contributed by atoms with E-state index < -0.39 is 10.3 Å². The molecule has 0 saturated carbocycles. The van der Waals surface area contributed by atoms with Crippen LogP contribution in [0, 0.1) is 0 Å². The summed E-state index contributed by atoms with van der Waals surface area (Å²) in [5, 5.41) is 7.86. The van der Waals surface area contributed by atoms with Crippen LogP contribution in [0.4, 0.5) is 5.69 Å². The van der Waals surface area contributed by atoms with Crippen LogP contribution in [0.25, 0.3) is 22.0 Å². The molecule has 7 nitrogen and oxygen atoms in total. The van der Waals surface area contributed by atoms with Crippen LogP contribution < -0.4 is 4.31 Å². The molecule has 1 aliphatic heterocycles. The number of thioether (sulfide) groups is 1. The van der Waals surface area contributed by atoms with E-state index in [4.69, 9.17) is 0 Å². The smallest absolute Gasteiger partial charge is 0.278 e. The van der Waals surface area contributed by atoms with Gasteiger partial charge in [-0.1, -0.05) is 6.07 Å². The SMILES string of the molecule is O=S(=O)(O)N1CCSc2c(-c3ccc4[nH]ncc4c3)cncc21. The molecule has 1 aliphatic rings. The summed E-state index contributed by atoms with van der Waals surface area (Å²) in [4.78, 5) is 4.95. The molecular weight excluding hydrogens is 336 g/mol. The summed E-state index contributed by atoms with van der Waals surface area (Å²) < 4.78 is 33.5. The lowest BCUT2D eigenvalue weighted by atomic mass is 10.1. The summed E-state index contributed by atoms with van der Waals surface area (Å²) in [5.74, 6) is 0.567. The molecule has 0 aliphatic carbocycles. The minimum Gasteiger partial charge on any atom is -0.278 e. The second-order valence-corrected chi connectivity index (χ2v) is 7.55. The Kier molecular flexibility index (Phi) is 3.29. The second-order valence-electron chi connectivity index (χ2n) is 5.11. The number of pyridine rings is 1. The first kappa shape index (κ1) is 14.5. The fourth-order valence-corrected chi connectivity index (χ4v) is 4.67. The van der Waals surface area contributed by atoms with E-state index in [1.54, 1.807) is 24.2 Å². The topological polar surface area (TPSA) is 99.2 Å². The Bertz CT molecular complexity index is 1000. The Hall–Kier alpha value is -2.10. The number of nitrogens with zero attached hydrogens (tertiary/aromatic N) is 3. The second kappa shape index (κ2) is 5.22. The number of rotatable bonds is 2. The van der Waals surface area contributed by atoms with Crippen molar-refractivity contribution in [3.8, 4) is 11.1 Å². The zero-order chi connectivity index (χ0) is 16.0. The molecule has 1 aromatic carbocycles. The normalized spacial score (nSPS) is 14.9. The Morgan fingerprint density at radius 3 is 2.96 bits per heavy atom. The van der Waals surface area contributed by atoms with Crippen molar-refractivity contribution in [2.24, 2.45) is 0 Å². The van der Waals surface area contributed by atoms with Crippen LogP contribution in [-0.4, -0.2) is 40.4 Å². The van der Waals surface area contributed by atoms with E-state index in [9.17, 15) is 13.0 Å². The molecule has 0 bridgehead atoms. The minimum atomic E-state index is -4.30. The van der Waals surface area contributed by atoms with Gasteiger partial charge in [0.15, 0.2) is 0 Å². The maximum Gasteiger partial charge on any atom is 0.360 e. The number of anilines is 1. The van der Waals surface area contributed by atoms with Gasteiger partial charge in [0.1, 0.15) is 0 Å². The van der Waals surface area contributed by atoms with Crippen LogP contribution in [0.5, 0.6) is 0 Å². The lowest BCUT2D eigenvalue weighted by Crippen LogP contribution is -2.35. The number of hydrogen-bond donors (Lipinski definition) is 2. The third-order valence-corrected chi connectivity index (χ3v) is 5.76. The summed E-state index contributed by atoms with van der Waals surface area (Å²) in [6.45, 7) is 0.225. The van der Waals surface area contributed by atoms with E-state index >= 15 is 0 Å². The van der Waals surface area contributed by atoms with Crippen LogP contribution in [0.15, 0.2) is 41.7 Å². The standard InChI is InChI=1S/C14H12N4O3S2/c19-23(20,21)18-3-4-22-14-11(7-15-8-13(14)18)9-1-2-12-10(5-9)6-16-17-12/h1-2,5-8H,3-4H2,(H,16,17)(H,19,20,21). The summed E-state index contributed by atoms with van der Waals surface area (Å²) in [7, 11) is -4.30. The molecule has 0 fully saturated rings. The summed E-state index contributed by atoms with van der Waals surface area (Å²) in [5.41, 5.74) is 3.10. The molecule has 3 aromatic rings. The van der Waals surface area contributed by atoms with Crippen molar-refractivity contribution < 1.29 is 13.0 Å². The third-order valence-electron chi connectivity index (χ3n) is 3.72. The fourth-order valence-electron chi connectivity index (χ4n) is 2.67. The molecule has 2 N–H and O–H groups in total. The Balaban J connectivity index is 1.90. The van der Waals surface area contributed by atoms with Crippen molar-refractivity contribution in [3.63, 3.8) is 0 Å². The van der Waals surface area contributed by atoms with Gasteiger partial charge in [-0.15, -0.1) is 11.8 Å². The molecule has 4 rings (SSSR count). The number of aromatic amines is 1. The van der Waals surface area contributed by atoms with Crippen LogP contribution in [-0.2, 0) is 10.3 Å². The maximum absolute atomic E-state index is 11.6. The van der Waals surface area contributed by atoms with Crippen LogP contribution >= 0.6 is 11.8 Å². The van der Waals surface area contributed by atoms with E-state index in [2.05, 4.69) is 15.2 Å². The van der Waals surface area contributed by atoms with Gasteiger partial charge in [0.25, 0.3) is 0 Å². The Morgan fingerprint density at radius 1 is 1.26 bits per heavy atom. The summed E-state index contributed by atoms with van der Waals surface area (Å²) in [6.07, 6.45) is 4.91. The molecule has 118 valence electrons. The van der Waals surface area contributed by atoms with Gasteiger partial charge in [0, 0.05) is 34.3 Å². The quantitative estimate of drug-likeness (QED) is 0.690. The van der Waals surface area contributed by atoms with E-state index in [-0.39, 0.29) is 6.54 Å². The number of H-pyrrole nitrogens is 1. The monoisotopic (exact) mass is 348 g/mol. The van der Waals surface area contributed by atoms with E-state index in [0.717, 1.165) is 31.2 Å².